The van der Waals surface area contributed by atoms with Gasteiger partial charge in [-0.05, 0) is 30.3 Å². The van der Waals surface area contributed by atoms with Crippen molar-refractivity contribution < 1.29 is 4.79 Å². The number of carbonyl (C=O) groups excluding carboxylic acids is 1. The number of nitrogens with one attached hydrogen (secondary N) is 1. The zero-order valence-electron chi connectivity index (χ0n) is 11.9. The zero-order chi connectivity index (χ0) is 15.2. The predicted octanol–water partition coefficient (Wildman–Crippen LogP) is 3.17. The molecule has 0 spiro atoms. The summed E-state index contributed by atoms with van der Waals surface area (Å²) in [7, 11) is 3.89. The Labute approximate surface area is 129 Å². The molecule has 0 unspecified atom stereocenters. The van der Waals surface area contributed by atoms with Gasteiger partial charge in [-0.1, -0.05) is 29.8 Å². The third kappa shape index (κ3) is 4.07. The van der Waals surface area contributed by atoms with Crippen molar-refractivity contribution in [2.75, 3.05) is 19.0 Å². The molecular weight excluding hydrogens is 286 g/mol. The van der Waals surface area contributed by atoms with Gasteiger partial charge in [0.05, 0.1) is 6.21 Å². The molecule has 108 valence electrons. The number of nitrogens with zero attached hydrogens (tertiary/aromatic N) is 2. The van der Waals surface area contributed by atoms with Gasteiger partial charge in [0.25, 0.3) is 5.91 Å². The number of rotatable bonds is 4. The van der Waals surface area contributed by atoms with Gasteiger partial charge in [-0.15, -0.1) is 0 Å². The lowest BCUT2D eigenvalue weighted by Gasteiger charge is -2.12. The summed E-state index contributed by atoms with van der Waals surface area (Å²) in [5.74, 6) is -0.261. The summed E-state index contributed by atoms with van der Waals surface area (Å²) in [6, 6.07) is 14.6. The Hall–Kier alpha value is -2.33. The van der Waals surface area contributed by atoms with Crippen molar-refractivity contribution in [3.8, 4) is 0 Å². The van der Waals surface area contributed by atoms with E-state index in [1.807, 2.05) is 49.3 Å². The van der Waals surface area contributed by atoms with E-state index in [-0.39, 0.29) is 5.91 Å². The molecule has 0 aliphatic heterocycles. The van der Waals surface area contributed by atoms with E-state index in [0.717, 1.165) is 11.3 Å². The highest BCUT2D eigenvalue weighted by Crippen LogP contribution is 2.13. The molecule has 0 aliphatic carbocycles. The van der Waals surface area contributed by atoms with Crippen LogP contribution in [0.2, 0.25) is 5.02 Å². The maximum Gasteiger partial charge on any atom is 0.271 e. The summed E-state index contributed by atoms with van der Waals surface area (Å²) in [5, 5.41) is 4.51. The lowest BCUT2D eigenvalue weighted by Crippen LogP contribution is -2.18. The van der Waals surface area contributed by atoms with Gasteiger partial charge in [0.15, 0.2) is 0 Å². The van der Waals surface area contributed by atoms with Crippen LogP contribution in [-0.2, 0) is 0 Å². The standard InChI is InChI=1S/C16H16ClN3O/c1-20(2)14-9-7-12(8-10-14)16(21)19-18-11-13-5-3-4-6-15(13)17/h3-11H,1-2H3,(H,19,21)/b18-11-. The summed E-state index contributed by atoms with van der Waals surface area (Å²) < 4.78 is 0. The molecule has 2 aromatic carbocycles. The molecule has 21 heavy (non-hydrogen) atoms. The molecule has 0 bridgehead atoms. The van der Waals surface area contributed by atoms with Crippen LogP contribution < -0.4 is 10.3 Å². The first-order valence-corrected chi connectivity index (χ1v) is 6.81. The average molecular weight is 302 g/mol. The van der Waals surface area contributed by atoms with E-state index in [0.29, 0.717) is 10.6 Å². The van der Waals surface area contributed by atoms with E-state index in [1.54, 1.807) is 18.2 Å². The topological polar surface area (TPSA) is 44.7 Å². The number of amides is 1. The molecule has 0 heterocycles. The van der Waals surface area contributed by atoms with Crippen molar-refractivity contribution in [1.29, 1.82) is 0 Å². The molecule has 0 saturated heterocycles. The third-order valence-electron chi connectivity index (χ3n) is 2.92. The minimum absolute atomic E-state index is 0.261. The van der Waals surface area contributed by atoms with Crippen LogP contribution in [-0.4, -0.2) is 26.2 Å². The number of halogens is 1. The first-order chi connectivity index (χ1) is 10.1. The second-order valence-electron chi connectivity index (χ2n) is 4.66. The number of carbonyl (C=O) groups is 1. The summed E-state index contributed by atoms with van der Waals surface area (Å²) in [6.45, 7) is 0. The highest BCUT2D eigenvalue weighted by molar-refractivity contribution is 6.33. The smallest absolute Gasteiger partial charge is 0.271 e. The van der Waals surface area contributed by atoms with E-state index >= 15 is 0 Å². The van der Waals surface area contributed by atoms with Gasteiger partial charge in [-0.2, -0.15) is 5.10 Å². The van der Waals surface area contributed by atoms with E-state index < -0.39 is 0 Å². The minimum atomic E-state index is -0.261. The highest BCUT2D eigenvalue weighted by atomic mass is 35.5. The molecule has 4 nitrogen and oxygen atoms in total. The molecule has 1 amide bonds. The van der Waals surface area contributed by atoms with Gasteiger partial charge in [0, 0.05) is 35.9 Å². The second-order valence-corrected chi connectivity index (χ2v) is 5.07. The average Bonchev–Trinajstić information content (AvgIpc) is 2.49. The lowest BCUT2D eigenvalue weighted by molar-refractivity contribution is 0.0955. The Morgan fingerprint density at radius 1 is 1.14 bits per heavy atom. The van der Waals surface area contributed by atoms with E-state index in [9.17, 15) is 4.79 Å². The van der Waals surface area contributed by atoms with Crippen LogP contribution in [0.4, 0.5) is 5.69 Å². The van der Waals surface area contributed by atoms with Crippen LogP contribution in [0, 0.1) is 0 Å². The summed E-state index contributed by atoms with van der Waals surface area (Å²) >= 11 is 6.00. The van der Waals surface area contributed by atoms with Gasteiger partial charge >= 0.3 is 0 Å². The van der Waals surface area contributed by atoms with Crippen molar-refractivity contribution in [1.82, 2.24) is 5.43 Å². The van der Waals surface area contributed by atoms with Crippen molar-refractivity contribution >= 4 is 29.4 Å². The van der Waals surface area contributed by atoms with Crippen LogP contribution in [0.5, 0.6) is 0 Å². The van der Waals surface area contributed by atoms with E-state index in [4.69, 9.17) is 11.6 Å². The van der Waals surface area contributed by atoms with E-state index in [2.05, 4.69) is 10.5 Å². The molecular formula is C16H16ClN3O. The maximum atomic E-state index is 11.9. The van der Waals surface area contributed by atoms with Crippen molar-refractivity contribution in [3.05, 3.63) is 64.7 Å². The largest absolute Gasteiger partial charge is 0.378 e. The Kier molecular flexibility index (Phi) is 4.95. The van der Waals surface area contributed by atoms with E-state index in [1.165, 1.54) is 6.21 Å². The molecule has 2 aromatic rings. The quantitative estimate of drug-likeness (QED) is 0.696. The van der Waals surface area contributed by atoms with Crippen LogP contribution in [0.25, 0.3) is 0 Å². The van der Waals surface area contributed by atoms with Gasteiger partial charge in [-0.25, -0.2) is 5.43 Å². The molecule has 5 heteroatoms. The maximum absolute atomic E-state index is 11.9. The molecule has 0 radical (unpaired) electrons. The summed E-state index contributed by atoms with van der Waals surface area (Å²) in [4.78, 5) is 13.9. The first kappa shape index (κ1) is 15.1. The zero-order valence-corrected chi connectivity index (χ0v) is 12.6. The molecule has 2 rings (SSSR count). The van der Waals surface area contributed by atoms with Crippen LogP contribution in [0.3, 0.4) is 0 Å². The number of benzene rings is 2. The highest BCUT2D eigenvalue weighted by Gasteiger charge is 2.04. The Morgan fingerprint density at radius 2 is 1.81 bits per heavy atom. The van der Waals surface area contributed by atoms with Crippen LogP contribution >= 0.6 is 11.6 Å². The number of anilines is 1. The normalized spacial score (nSPS) is 10.6. The van der Waals surface area contributed by atoms with Gasteiger partial charge in [0.1, 0.15) is 0 Å². The van der Waals surface area contributed by atoms with Crippen LogP contribution in [0.1, 0.15) is 15.9 Å². The number of hydrogen-bond donors (Lipinski definition) is 1. The molecule has 0 saturated carbocycles. The van der Waals surface area contributed by atoms with Crippen molar-refractivity contribution in [2.24, 2.45) is 5.10 Å². The summed E-state index contributed by atoms with van der Waals surface area (Å²) in [5.41, 5.74) is 4.82. The SMILES string of the molecule is CN(C)c1ccc(C(=O)N/N=C\c2ccccc2Cl)cc1. The van der Waals surface area contributed by atoms with Gasteiger partial charge < -0.3 is 4.90 Å². The van der Waals surface area contributed by atoms with Gasteiger partial charge in [0.2, 0.25) is 0 Å². The number of hydrogen-bond acceptors (Lipinski definition) is 3. The molecule has 0 atom stereocenters. The lowest BCUT2D eigenvalue weighted by atomic mass is 10.2. The summed E-state index contributed by atoms with van der Waals surface area (Å²) in [6.07, 6.45) is 1.52. The fourth-order valence-corrected chi connectivity index (χ4v) is 1.90. The van der Waals surface area contributed by atoms with Crippen molar-refractivity contribution in [2.45, 2.75) is 0 Å². The fourth-order valence-electron chi connectivity index (χ4n) is 1.72. The van der Waals surface area contributed by atoms with Gasteiger partial charge in [-0.3, -0.25) is 4.79 Å². The first-order valence-electron chi connectivity index (χ1n) is 6.43. The third-order valence-corrected chi connectivity index (χ3v) is 3.27. The monoisotopic (exact) mass is 301 g/mol. The predicted molar refractivity (Wildman–Crippen MR) is 87.3 cm³/mol. The molecule has 1 N–H and O–H groups in total. The molecule has 0 fully saturated rings. The van der Waals surface area contributed by atoms with Crippen LogP contribution in [0.15, 0.2) is 53.6 Å². The molecule has 0 aliphatic rings. The Morgan fingerprint density at radius 3 is 2.43 bits per heavy atom. The minimum Gasteiger partial charge on any atom is -0.378 e. The number of hydrazone groups is 1. The molecule has 0 aromatic heterocycles. The fraction of sp³-hybridized carbons (Fsp3) is 0.125. The van der Waals surface area contributed by atoms with Crippen molar-refractivity contribution in [3.63, 3.8) is 0 Å². The Bertz CT molecular complexity index is 651. The second kappa shape index (κ2) is 6.90. The Balaban J connectivity index is 2.00.